The number of sulfone groups is 1. The average Bonchev–Trinajstić information content (AvgIpc) is 2.83. The first-order valence-corrected chi connectivity index (χ1v) is 9.70. The third-order valence-corrected chi connectivity index (χ3v) is 5.60. The van der Waals surface area contributed by atoms with Gasteiger partial charge >= 0.3 is 0 Å². The maximum atomic E-state index is 12.1. The summed E-state index contributed by atoms with van der Waals surface area (Å²) in [6, 6.07) is 3.82. The van der Waals surface area contributed by atoms with E-state index in [4.69, 9.17) is 11.6 Å². The quantitative estimate of drug-likeness (QED) is 0.838. The topological polar surface area (TPSA) is 83.1 Å². The Morgan fingerprint density at radius 3 is 2.86 bits per heavy atom. The lowest BCUT2D eigenvalue weighted by molar-refractivity contribution is 0.243. The zero-order valence-corrected chi connectivity index (χ0v) is 14.2. The maximum Gasteiger partial charge on any atom is 0.256 e. The predicted molar refractivity (Wildman–Crippen MR) is 85.1 cm³/mol. The number of hydrogen-bond donors (Lipinski definition) is 1. The zero-order valence-electron chi connectivity index (χ0n) is 11.8. The third-order valence-electron chi connectivity index (χ3n) is 3.49. The molecule has 9 heteroatoms. The van der Waals surface area contributed by atoms with Gasteiger partial charge in [-0.3, -0.25) is 14.7 Å². The summed E-state index contributed by atoms with van der Waals surface area (Å²) in [4.78, 5) is 21.9. The van der Waals surface area contributed by atoms with Gasteiger partial charge in [0.25, 0.3) is 5.56 Å². The van der Waals surface area contributed by atoms with E-state index in [1.54, 1.807) is 0 Å². The molecule has 0 fully saturated rings. The van der Waals surface area contributed by atoms with E-state index in [1.165, 1.54) is 11.3 Å². The van der Waals surface area contributed by atoms with Crippen LogP contribution in [0.5, 0.6) is 0 Å². The minimum atomic E-state index is -3.51. The molecule has 0 radical (unpaired) electrons. The molecule has 22 heavy (non-hydrogen) atoms. The number of hydrogen-bond acceptors (Lipinski definition) is 6. The second-order valence-electron chi connectivity index (χ2n) is 5.23. The van der Waals surface area contributed by atoms with Gasteiger partial charge in [0, 0.05) is 37.2 Å². The van der Waals surface area contributed by atoms with Gasteiger partial charge in [0.2, 0.25) is 15.0 Å². The molecule has 0 bridgehead atoms. The van der Waals surface area contributed by atoms with Crippen LogP contribution in [0, 0.1) is 0 Å². The number of H-pyrrole nitrogens is 1. The summed E-state index contributed by atoms with van der Waals surface area (Å²) in [6.45, 7) is 1.89. The van der Waals surface area contributed by atoms with Crippen LogP contribution >= 0.6 is 22.9 Å². The van der Waals surface area contributed by atoms with E-state index in [1.807, 2.05) is 12.1 Å². The molecule has 0 saturated heterocycles. The van der Waals surface area contributed by atoms with Crippen LogP contribution in [0.3, 0.4) is 0 Å². The highest BCUT2D eigenvalue weighted by Gasteiger charge is 2.23. The highest BCUT2D eigenvalue weighted by atomic mass is 35.5. The van der Waals surface area contributed by atoms with Gasteiger partial charge in [0.1, 0.15) is 0 Å². The summed E-state index contributed by atoms with van der Waals surface area (Å²) in [5, 5.41) is -0.255. The monoisotopic (exact) mass is 359 g/mol. The van der Waals surface area contributed by atoms with Crippen molar-refractivity contribution in [3.05, 3.63) is 43.0 Å². The van der Waals surface area contributed by atoms with E-state index in [2.05, 4.69) is 14.9 Å². The van der Waals surface area contributed by atoms with Gasteiger partial charge in [-0.2, -0.15) is 0 Å². The summed E-state index contributed by atoms with van der Waals surface area (Å²) in [5.74, 6) is 0. The first kappa shape index (κ1) is 15.7. The number of rotatable bonds is 3. The minimum absolute atomic E-state index is 0.255. The van der Waals surface area contributed by atoms with Crippen LogP contribution < -0.4 is 5.56 Å². The van der Waals surface area contributed by atoms with Crippen LogP contribution in [0.1, 0.15) is 16.1 Å². The molecule has 118 valence electrons. The molecule has 1 aliphatic rings. The minimum Gasteiger partial charge on any atom is -0.297 e. The first-order chi connectivity index (χ1) is 10.3. The second-order valence-corrected chi connectivity index (χ2v) is 8.97. The molecule has 1 N–H and O–H groups in total. The van der Waals surface area contributed by atoms with Gasteiger partial charge < -0.3 is 0 Å². The first-order valence-electron chi connectivity index (χ1n) is 6.61. The van der Waals surface area contributed by atoms with Crippen molar-refractivity contribution in [1.29, 1.82) is 0 Å². The maximum absolute atomic E-state index is 12.1. The largest absolute Gasteiger partial charge is 0.297 e. The molecule has 0 saturated carbocycles. The molecule has 0 atom stereocenters. The highest BCUT2D eigenvalue weighted by Crippen LogP contribution is 2.24. The van der Waals surface area contributed by atoms with Crippen molar-refractivity contribution >= 4 is 32.8 Å². The molecule has 0 aromatic carbocycles. The van der Waals surface area contributed by atoms with E-state index in [0.717, 1.165) is 22.0 Å². The molecule has 0 unspecified atom stereocenters. The SMILES string of the molecule is CS(=O)(=O)c1nc2c(c(=O)[nH]1)CN(Cc1ccc(Cl)s1)CC2. The Hall–Kier alpha value is -1.22. The standard InChI is InChI=1S/C13H14ClN3O3S2/c1-22(19,20)13-15-10-4-5-17(7-9(10)12(18)16-13)6-8-2-3-11(14)21-8/h2-3H,4-7H2,1H3,(H,15,16,18). The number of aromatic nitrogens is 2. The summed E-state index contributed by atoms with van der Waals surface area (Å²) in [6.07, 6.45) is 1.59. The molecular weight excluding hydrogens is 346 g/mol. The molecule has 6 nitrogen and oxygen atoms in total. The van der Waals surface area contributed by atoms with Gasteiger partial charge in [-0.25, -0.2) is 13.4 Å². The van der Waals surface area contributed by atoms with Crippen molar-refractivity contribution in [2.45, 2.75) is 24.7 Å². The number of aromatic amines is 1. The summed E-state index contributed by atoms with van der Waals surface area (Å²) < 4.78 is 23.8. The molecule has 0 aliphatic carbocycles. The van der Waals surface area contributed by atoms with Gasteiger partial charge in [-0.1, -0.05) is 11.6 Å². The van der Waals surface area contributed by atoms with E-state index >= 15 is 0 Å². The zero-order chi connectivity index (χ0) is 15.9. The lowest BCUT2D eigenvalue weighted by atomic mass is 10.1. The second kappa shape index (κ2) is 5.77. The average molecular weight is 360 g/mol. The summed E-state index contributed by atoms with van der Waals surface area (Å²) in [5.41, 5.74) is 0.741. The Morgan fingerprint density at radius 2 is 2.23 bits per heavy atom. The van der Waals surface area contributed by atoms with Gasteiger partial charge in [-0.15, -0.1) is 11.3 Å². The Bertz CT molecular complexity index is 873. The molecular formula is C13H14ClN3O3S2. The van der Waals surface area contributed by atoms with Crippen molar-refractivity contribution in [3.63, 3.8) is 0 Å². The van der Waals surface area contributed by atoms with Crippen LogP contribution in [0.4, 0.5) is 0 Å². The fourth-order valence-electron chi connectivity index (χ4n) is 2.43. The van der Waals surface area contributed by atoms with Crippen molar-refractivity contribution < 1.29 is 8.42 Å². The molecule has 3 heterocycles. The van der Waals surface area contributed by atoms with Crippen LogP contribution in [0.2, 0.25) is 4.34 Å². The lowest BCUT2D eigenvalue weighted by Crippen LogP contribution is -2.35. The van der Waals surface area contributed by atoms with Crippen molar-refractivity contribution in [1.82, 2.24) is 14.9 Å². The number of fused-ring (bicyclic) bond motifs is 1. The molecule has 0 spiro atoms. The van der Waals surface area contributed by atoms with Crippen molar-refractivity contribution in [3.8, 4) is 0 Å². The molecule has 1 aliphatic heterocycles. The van der Waals surface area contributed by atoms with E-state index < -0.39 is 9.84 Å². The van der Waals surface area contributed by atoms with Crippen LogP contribution in [0.15, 0.2) is 22.1 Å². The number of halogens is 1. The van der Waals surface area contributed by atoms with E-state index in [-0.39, 0.29) is 10.7 Å². The predicted octanol–water partition coefficient (Wildman–Crippen LogP) is 1.45. The van der Waals surface area contributed by atoms with Gasteiger partial charge in [-0.05, 0) is 12.1 Å². The van der Waals surface area contributed by atoms with E-state index in [9.17, 15) is 13.2 Å². The van der Waals surface area contributed by atoms with Crippen LogP contribution in [-0.4, -0.2) is 36.1 Å². The third kappa shape index (κ3) is 3.24. The van der Waals surface area contributed by atoms with Gasteiger partial charge in [0.05, 0.1) is 15.6 Å². The molecule has 0 amide bonds. The Morgan fingerprint density at radius 1 is 1.45 bits per heavy atom. The summed E-state index contributed by atoms with van der Waals surface area (Å²) >= 11 is 7.44. The number of nitrogens with zero attached hydrogens (tertiary/aromatic N) is 2. The lowest BCUT2D eigenvalue weighted by Gasteiger charge is -2.27. The molecule has 2 aromatic heterocycles. The molecule has 2 aromatic rings. The van der Waals surface area contributed by atoms with Crippen molar-refractivity contribution in [2.24, 2.45) is 0 Å². The Balaban J connectivity index is 1.86. The summed E-state index contributed by atoms with van der Waals surface area (Å²) in [7, 11) is -3.51. The van der Waals surface area contributed by atoms with Crippen LogP contribution in [0.25, 0.3) is 0 Å². The fourth-order valence-corrected chi connectivity index (χ4v) is 4.11. The van der Waals surface area contributed by atoms with Gasteiger partial charge in [0.15, 0.2) is 0 Å². The fraction of sp³-hybridized carbons (Fsp3) is 0.385. The highest BCUT2D eigenvalue weighted by molar-refractivity contribution is 7.90. The Labute approximate surface area is 136 Å². The smallest absolute Gasteiger partial charge is 0.256 e. The molecule has 3 rings (SSSR count). The van der Waals surface area contributed by atoms with E-state index in [0.29, 0.717) is 30.8 Å². The number of nitrogens with one attached hydrogen (secondary N) is 1. The normalized spacial score (nSPS) is 15.7. The Kier molecular flexibility index (Phi) is 4.11. The van der Waals surface area contributed by atoms with Crippen LogP contribution in [-0.2, 0) is 29.3 Å². The number of thiophene rings is 1. The van der Waals surface area contributed by atoms with Crippen molar-refractivity contribution in [2.75, 3.05) is 12.8 Å².